The monoisotopic (exact) mass is 228 g/mol. The Morgan fingerprint density at radius 2 is 2.20 bits per heavy atom. The van der Waals surface area contributed by atoms with Gasteiger partial charge in [-0.05, 0) is 6.92 Å². The van der Waals surface area contributed by atoms with E-state index in [9.17, 15) is 9.59 Å². The standard InChI is InChI=1S/C8H9ClN4O2/c1-4(7(10)14)12-8(15)5-2-11-3-6(9)13-5/h2-4H,1H3,(H2,10,14)(H,12,15)/t4-/m0/s1. The van der Waals surface area contributed by atoms with Gasteiger partial charge in [-0.15, -0.1) is 0 Å². The molecule has 1 heterocycles. The molecule has 1 aromatic heterocycles. The summed E-state index contributed by atoms with van der Waals surface area (Å²) in [6, 6.07) is -0.765. The Morgan fingerprint density at radius 1 is 1.53 bits per heavy atom. The lowest BCUT2D eigenvalue weighted by molar-refractivity contribution is -0.119. The molecule has 80 valence electrons. The van der Waals surface area contributed by atoms with E-state index in [-0.39, 0.29) is 10.8 Å². The summed E-state index contributed by atoms with van der Waals surface area (Å²) in [6.07, 6.45) is 2.55. The molecule has 15 heavy (non-hydrogen) atoms. The molecule has 0 aliphatic heterocycles. The molecule has 0 bridgehead atoms. The normalized spacial score (nSPS) is 11.9. The van der Waals surface area contributed by atoms with Gasteiger partial charge in [0.2, 0.25) is 5.91 Å². The van der Waals surface area contributed by atoms with Crippen LogP contribution in [0.15, 0.2) is 12.4 Å². The second kappa shape index (κ2) is 4.70. The van der Waals surface area contributed by atoms with Gasteiger partial charge >= 0.3 is 0 Å². The number of hydrogen-bond donors (Lipinski definition) is 2. The number of carbonyl (C=O) groups excluding carboxylic acids is 2. The third-order valence-corrected chi connectivity index (χ3v) is 1.79. The molecule has 0 saturated heterocycles. The molecule has 1 atom stereocenters. The largest absolute Gasteiger partial charge is 0.368 e. The van der Waals surface area contributed by atoms with Gasteiger partial charge in [0, 0.05) is 0 Å². The fourth-order valence-corrected chi connectivity index (χ4v) is 0.941. The topological polar surface area (TPSA) is 98.0 Å². The number of carbonyl (C=O) groups is 2. The number of nitrogens with zero attached hydrogens (tertiary/aromatic N) is 2. The minimum Gasteiger partial charge on any atom is -0.368 e. The average Bonchev–Trinajstić information content (AvgIpc) is 2.17. The zero-order chi connectivity index (χ0) is 11.4. The molecule has 1 rings (SSSR count). The Balaban J connectivity index is 2.73. The predicted octanol–water partition coefficient (Wildman–Crippen LogP) is -0.266. The maximum Gasteiger partial charge on any atom is 0.272 e. The zero-order valence-corrected chi connectivity index (χ0v) is 8.65. The third-order valence-electron chi connectivity index (χ3n) is 1.61. The lowest BCUT2D eigenvalue weighted by Gasteiger charge is -2.08. The van der Waals surface area contributed by atoms with Gasteiger partial charge in [-0.3, -0.25) is 14.6 Å². The van der Waals surface area contributed by atoms with Crippen LogP contribution in [0.5, 0.6) is 0 Å². The van der Waals surface area contributed by atoms with Crippen LogP contribution in [0.1, 0.15) is 17.4 Å². The maximum absolute atomic E-state index is 11.4. The summed E-state index contributed by atoms with van der Waals surface area (Å²) >= 11 is 5.54. The lowest BCUT2D eigenvalue weighted by Crippen LogP contribution is -2.42. The number of rotatable bonds is 3. The van der Waals surface area contributed by atoms with E-state index in [1.54, 1.807) is 0 Å². The first-order chi connectivity index (χ1) is 7.00. The summed E-state index contributed by atoms with van der Waals surface area (Å²) in [6.45, 7) is 1.47. The van der Waals surface area contributed by atoms with Crippen molar-refractivity contribution in [2.75, 3.05) is 0 Å². The van der Waals surface area contributed by atoms with E-state index in [0.29, 0.717) is 0 Å². The van der Waals surface area contributed by atoms with Crippen LogP contribution in [-0.2, 0) is 4.79 Å². The molecule has 0 unspecified atom stereocenters. The van der Waals surface area contributed by atoms with Crippen LogP contribution in [0.25, 0.3) is 0 Å². The van der Waals surface area contributed by atoms with Gasteiger partial charge in [0.25, 0.3) is 5.91 Å². The van der Waals surface area contributed by atoms with Crippen LogP contribution in [0.3, 0.4) is 0 Å². The first-order valence-electron chi connectivity index (χ1n) is 4.08. The van der Waals surface area contributed by atoms with Crippen LogP contribution < -0.4 is 11.1 Å². The van der Waals surface area contributed by atoms with E-state index in [0.717, 1.165) is 0 Å². The van der Waals surface area contributed by atoms with Crippen molar-refractivity contribution in [3.8, 4) is 0 Å². The summed E-state index contributed by atoms with van der Waals surface area (Å²) in [7, 11) is 0. The molecular formula is C8H9ClN4O2. The Labute approximate surface area is 90.8 Å². The van der Waals surface area contributed by atoms with E-state index in [1.165, 1.54) is 19.3 Å². The number of primary amides is 1. The van der Waals surface area contributed by atoms with Gasteiger partial charge in [0.05, 0.1) is 12.4 Å². The molecule has 1 aromatic rings. The third kappa shape index (κ3) is 3.17. The average molecular weight is 229 g/mol. The van der Waals surface area contributed by atoms with Gasteiger partial charge in [-0.2, -0.15) is 0 Å². The fraction of sp³-hybridized carbons (Fsp3) is 0.250. The van der Waals surface area contributed by atoms with Crippen LogP contribution >= 0.6 is 11.6 Å². The van der Waals surface area contributed by atoms with E-state index < -0.39 is 17.9 Å². The molecule has 0 aromatic carbocycles. The molecule has 0 aliphatic carbocycles. The van der Waals surface area contributed by atoms with Crippen molar-refractivity contribution in [2.24, 2.45) is 5.73 Å². The number of nitrogens with two attached hydrogens (primary N) is 1. The first-order valence-corrected chi connectivity index (χ1v) is 4.46. The van der Waals surface area contributed by atoms with Crippen molar-refractivity contribution in [2.45, 2.75) is 13.0 Å². The smallest absolute Gasteiger partial charge is 0.272 e. The highest BCUT2D eigenvalue weighted by molar-refractivity contribution is 6.29. The number of aromatic nitrogens is 2. The van der Waals surface area contributed by atoms with Gasteiger partial charge in [0.15, 0.2) is 0 Å². The molecule has 6 nitrogen and oxygen atoms in total. The first kappa shape index (κ1) is 11.4. The van der Waals surface area contributed by atoms with Crippen molar-refractivity contribution in [1.82, 2.24) is 15.3 Å². The van der Waals surface area contributed by atoms with Crippen molar-refractivity contribution >= 4 is 23.4 Å². The summed E-state index contributed by atoms with van der Waals surface area (Å²) in [5.74, 6) is -1.17. The van der Waals surface area contributed by atoms with Crippen LogP contribution in [0.2, 0.25) is 5.15 Å². The predicted molar refractivity (Wildman–Crippen MR) is 53.2 cm³/mol. The van der Waals surface area contributed by atoms with Gasteiger partial charge in [-0.25, -0.2) is 4.98 Å². The molecule has 3 N–H and O–H groups in total. The summed E-state index contributed by atoms with van der Waals surface area (Å²) in [5, 5.41) is 2.45. The maximum atomic E-state index is 11.4. The second-order valence-corrected chi connectivity index (χ2v) is 3.21. The summed E-state index contributed by atoms with van der Waals surface area (Å²) in [5.41, 5.74) is 5.01. The van der Waals surface area contributed by atoms with Crippen LogP contribution in [-0.4, -0.2) is 27.8 Å². The van der Waals surface area contributed by atoms with E-state index in [4.69, 9.17) is 17.3 Å². The van der Waals surface area contributed by atoms with Gasteiger partial charge < -0.3 is 11.1 Å². The summed E-state index contributed by atoms with van der Waals surface area (Å²) in [4.78, 5) is 29.5. The molecule has 0 saturated carbocycles. The van der Waals surface area contributed by atoms with Crippen molar-refractivity contribution in [1.29, 1.82) is 0 Å². The van der Waals surface area contributed by atoms with Crippen molar-refractivity contribution in [3.63, 3.8) is 0 Å². The van der Waals surface area contributed by atoms with Gasteiger partial charge in [0.1, 0.15) is 16.9 Å². The van der Waals surface area contributed by atoms with Crippen molar-refractivity contribution in [3.05, 3.63) is 23.2 Å². The molecule has 0 fully saturated rings. The molecule has 0 spiro atoms. The number of halogens is 1. The molecule has 0 aliphatic rings. The highest BCUT2D eigenvalue weighted by atomic mass is 35.5. The highest BCUT2D eigenvalue weighted by Gasteiger charge is 2.14. The Kier molecular flexibility index (Phi) is 3.56. The minimum absolute atomic E-state index is 0.0376. The zero-order valence-electron chi connectivity index (χ0n) is 7.90. The molecular weight excluding hydrogens is 220 g/mol. The SMILES string of the molecule is C[C@H](NC(=O)c1cncc(Cl)n1)C(N)=O. The second-order valence-electron chi connectivity index (χ2n) is 2.82. The Bertz CT molecular complexity index is 396. The number of nitrogens with one attached hydrogen (secondary N) is 1. The fourth-order valence-electron chi connectivity index (χ4n) is 0.793. The highest BCUT2D eigenvalue weighted by Crippen LogP contribution is 2.02. The van der Waals surface area contributed by atoms with E-state index in [1.807, 2.05) is 0 Å². The molecule has 0 radical (unpaired) electrons. The molecule has 7 heteroatoms. The van der Waals surface area contributed by atoms with Gasteiger partial charge in [-0.1, -0.05) is 11.6 Å². The quantitative estimate of drug-likeness (QED) is 0.744. The van der Waals surface area contributed by atoms with E-state index in [2.05, 4.69) is 15.3 Å². The number of hydrogen-bond acceptors (Lipinski definition) is 4. The Morgan fingerprint density at radius 3 is 2.73 bits per heavy atom. The van der Waals surface area contributed by atoms with Crippen LogP contribution in [0.4, 0.5) is 0 Å². The Hall–Kier alpha value is -1.69. The number of amides is 2. The van der Waals surface area contributed by atoms with Crippen molar-refractivity contribution < 1.29 is 9.59 Å². The molecule has 2 amide bonds. The summed E-state index contributed by atoms with van der Waals surface area (Å²) < 4.78 is 0. The van der Waals surface area contributed by atoms with Crippen LogP contribution in [0, 0.1) is 0 Å². The lowest BCUT2D eigenvalue weighted by atomic mass is 10.3. The van der Waals surface area contributed by atoms with E-state index >= 15 is 0 Å². The minimum atomic E-state index is -0.765.